The Morgan fingerprint density at radius 2 is 1.76 bits per heavy atom. The highest BCUT2D eigenvalue weighted by atomic mass is 32.2. The van der Waals surface area contributed by atoms with Gasteiger partial charge in [0.15, 0.2) is 17.5 Å². The summed E-state index contributed by atoms with van der Waals surface area (Å²) in [5.41, 5.74) is 1.77. The molecule has 0 radical (unpaired) electrons. The van der Waals surface area contributed by atoms with E-state index in [9.17, 15) is 9.50 Å². The minimum atomic E-state index is -0.376. The van der Waals surface area contributed by atoms with Crippen LogP contribution in [0.3, 0.4) is 0 Å². The first-order valence-corrected chi connectivity index (χ1v) is 13.1. The first-order chi connectivity index (χ1) is 16.6. The third kappa shape index (κ3) is 4.11. The second-order valence-electron chi connectivity index (χ2n) is 9.49. The standard InChI is InChI=1S/C25H27FN6OS/c1-34-25-21(26)8-15(12-28-25)14-2-7-20(22(33)9-14)24-27-13-23(30-31-24)32(18-5-6-18)19-10-16-3-4-17(11-19)29-16/h2,7-9,12-13,16-19,29,33H,3-6,10-11H2,1H3/t16-,17+,19-. The number of halogens is 1. The van der Waals surface area contributed by atoms with Gasteiger partial charge in [-0.1, -0.05) is 6.07 Å². The normalized spacial score (nSPS) is 23.8. The van der Waals surface area contributed by atoms with Crippen molar-refractivity contribution >= 4 is 17.6 Å². The van der Waals surface area contributed by atoms with Gasteiger partial charge in [-0.3, -0.25) is 0 Å². The number of aromatic nitrogens is 4. The van der Waals surface area contributed by atoms with E-state index in [1.807, 2.05) is 6.07 Å². The van der Waals surface area contributed by atoms with Crippen molar-refractivity contribution in [2.24, 2.45) is 0 Å². The molecule has 4 heterocycles. The zero-order chi connectivity index (χ0) is 23.2. The number of phenolic OH excluding ortho intramolecular Hbond substituents is 1. The molecule has 0 unspecified atom stereocenters. The largest absolute Gasteiger partial charge is 0.507 e. The Bertz CT molecular complexity index is 1190. The van der Waals surface area contributed by atoms with E-state index in [0.29, 0.717) is 51.7 Å². The molecule has 3 atom stereocenters. The Hall–Kier alpha value is -2.78. The zero-order valence-electron chi connectivity index (χ0n) is 19.0. The van der Waals surface area contributed by atoms with E-state index in [1.54, 1.807) is 30.8 Å². The SMILES string of the molecule is CSc1ncc(-c2ccc(-c3ncc(N(C4CC4)[C@@H]4C[C@H]5CC[C@@H](C4)N5)nn3)c(O)c2)cc1F. The van der Waals surface area contributed by atoms with Crippen molar-refractivity contribution < 1.29 is 9.50 Å². The molecule has 0 spiro atoms. The van der Waals surface area contributed by atoms with Crippen molar-refractivity contribution in [3.05, 3.63) is 42.5 Å². The van der Waals surface area contributed by atoms with Gasteiger partial charge in [-0.2, -0.15) is 0 Å². The minimum Gasteiger partial charge on any atom is -0.507 e. The van der Waals surface area contributed by atoms with Gasteiger partial charge < -0.3 is 15.3 Å². The van der Waals surface area contributed by atoms with Gasteiger partial charge in [-0.15, -0.1) is 22.0 Å². The maximum Gasteiger partial charge on any atom is 0.185 e. The van der Waals surface area contributed by atoms with E-state index in [-0.39, 0.29) is 11.6 Å². The lowest BCUT2D eigenvalue weighted by atomic mass is 9.98. The smallest absolute Gasteiger partial charge is 0.185 e. The predicted octanol–water partition coefficient (Wildman–Crippen LogP) is 4.42. The minimum absolute atomic E-state index is 0.0235. The summed E-state index contributed by atoms with van der Waals surface area (Å²) in [6.45, 7) is 0. The van der Waals surface area contributed by atoms with Gasteiger partial charge in [0.25, 0.3) is 0 Å². The molecule has 1 aromatic carbocycles. The zero-order valence-corrected chi connectivity index (χ0v) is 19.8. The van der Waals surface area contributed by atoms with Crippen LogP contribution in [0.2, 0.25) is 0 Å². The Labute approximate surface area is 202 Å². The van der Waals surface area contributed by atoms with Crippen LogP contribution in [0.1, 0.15) is 38.5 Å². The lowest BCUT2D eigenvalue weighted by Crippen LogP contribution is -2.49. The predicted molar refractivity (Wildman–Crippen MR) is 130 cm³/mol. The molecule has 34 heavy (non-hydrogen) atoms. The van der Waals surface area contributed by atoms with Gasteiger partial charge >= 0.3 is 0 Å². The van der Waals surface area contributed by atoms with E-state index in [4.69, 9.17) is 0 Å². The van der Waals surface area contributed by atoms with E-state index < -0.39 is 0 Å². The first-order valence-electron chi connectivity index (χ1n) is 11.9. The summed E-state index contributed by atoms with van der Waals surface area (Å²) in [7, 11) is 0. The number of anilines is 1. The lowest BCUT2D eigenvalue weighted by molar-refractivity contribution is 0.343. The van der Waals surface area contributed by atoms with Gasteiger partial charge in [0.05, 0.1) is 11.8 Å². The monoisotopic (exact) mass is 478 g/mol. The topological polar surface area (TPSA) is 87.1 Å². The third-order valence-electron chi connectivity index (χ3n) is 7.17. The molecule has 2 aromatic heterocycles. The Balaban J connectivity index is 1.24. The number of benzene rings is 1. The maximum absolute atomic E-state index is 14.1. The number of hydrogen-bond donors (Lipinski definition) is 2. The van der Waals surface area contributed by atoms with Crippen molar-refractivity contribution in [3.8, 4) is 28.3 Å². The molecule has 7 nitrogen and oxygen atoms in total. The van der Waals surface area contributed by atoms with Gasteiger partial charge in [0, 0.05) is 35.9 Å². The van der Waals surface area contributed by atoms with Gasteiger partial charge in [-0.05, 0) is 68.5 Å². The van der Waals surface area contributed by atoms with Crippen LogP contribution >= 0.6 is 11.8 Å². The average Bonchev–Trinajstić information content (AvgIpc) is 3.62. The van der Waals surface area contributed by atoms with Crippen LogP contribution < -0.4 is 10.2 Å². The van der Waals surface area contributed by atoms with E-state index in [0.717, 1.165) is 18.7 Å². The number of phenols is 1. The molecule has 2 aliphatic heterocycles. The van der Waals surface area contributed by atoms with Crippen molar-refractivity contribution in [2.75, 3.05) is 11.2 Å². The third-order valence-corrected chi connectivity index (χ3v) is 7.86. The quantitative estimate of drug-likeness (QED) is 0.504. The number of thioether (sulfide) groups is 1. The number of pyridine rings is 1. The molecule has 2 bridgehead atoms. The molecule has 9 heteroatoms. The Morgan fingerprint density at radius 3 is 2.38 bits per heavy atom. The molecule has 1 aliphatic carbocycles. The van der Waals surface area contributed by atoms with Crippen LogP contribution in [-0.2, 0) is 0 Å². The lowest BCUT2D eigenvalue weighted by Gasteiger charge is -2.38. The fraction of sp³-hybridized carbons (Fsp3) is 0.440. The summed E-state index contributed by atoms with van der Waals surface area (Å²) in [4.78, 5) is 11.1. The van der Waals surface area contributed by atoms with Crippen molar-refractivity contribution in [1.82, 2.24) is 25.5 Å². The van der Waals surface area contributed by atoms with Crippen molar-refractivity contribution in [3.63, 3.8) is 0 Å². The second kappa shape index (κ2) is 8.78. The van der Waals surface area contributed by atoms with Crippen LogP contribution in [0.25, 0.3) is 22.5 Å². The summed E-state index contributed by atoms with van der Waals surface area (Å²) >= 11 is 1.26. The fourth-order valence-corrected chi connectivity index (χ4v) is 5.84. The van der Waals surface area contributed by atoms with Crippen LogP contribution in [0.15, 0.2) is 41.7 Å². The number of piperidine rings is 1. The summed E-state index contributed by atoms with van der Waals surface area (Å²) in [6.07, 6.45) is 12.4. The maximum atomic E-state index is 14.1. The molecule has 3 aromatic rings. The van der Waals surface area contributed by atoms with E-state index >= 15 is 0 Å². The van der Waals surface area contributed by atoms with Crippen molar-refractivity contribution in [1.29, 1.82) is 0 Å². The molecular weight excluding hydrogens is 451 g/mol. The molecule has 0 amide bonds. The molecule has 2 N–H and O–H groups in total. The van der Waals surface area contributed by atoms with Crippen LogP contribution in [0, 0.1) is 5.82 Å². The molecule has 6 rings (SSSR count). The Kier molecular flexibility index (Phi) is 5.61. The summed E-state index contributed by atoms with van der Waals surface area (Å²) in [5, 5.41) is 23.7. The Morgan fingerprint density at radius 1 is 0.971 bits per heavy atom. The molecule has 1 saturated carbocycles. The van der Waals surface area contributed by atoms with Crippen LogP contribution in [0.4, 0.5) is 10.2 Å². The molecular formula is C25H27FN6OS. The van der Waals surface area contributed by atoms with Gasteiger partial charge in [0.2, 0.25) is 0 Å². The molecule has 176 valence electrons. The fourth-order valence-electron chi connectivity index (χ4n) is 5.42. The van der Waals surface area contributed by atoms with Gasteiger partial charge in [0.1, 0.15) is 10.8 Å². The number of hydrogen-bond acceptors (Lipinski definition) is 8. The van der Waals surface area contributed by atoms with E-state index in [1.165, 1.54) is 43.5 Å². The van der Waals surface area contributed by atoms with Crippen molar-refractivity contribution in [2.45, 2.75) is 67.7 Å². The number of nitrogens with zero attached hydrogens (tertiary/aromatic N) is 5. The highest BCUT2D eigenvalue weighted by molar-refractivity contribution is 7.98. The number of aromatic hydroxyl groups is 1. The number of rotatable bonds is 6. The van der Waals surface area contributed by atoms with Crippen LogP contribution in [-0.4, -0.2) is 55.7 Å². The first kappa shape index (κ1) is 21.7. The molecule has 3 fully saturated rings. The van der Waals surface area contributed by atoms with Gasteiger partial charge in [-0.25, -0.2) is 14.4 Å². The number of nitrogens with one attached hydrogen (secondary N) is 1. The molecule has 2 saturated heterocycles. The van der Waals surface area contributed by atoms with E-state index in [2.05, 4.69) is 30.4 Å². The molecule has 3 aliphatic rings. The highest BCUT2D eigenvalue weighted by Gasteiger charge is 2.41. The second-order valence-corrected chi connectivity index (χ2v) is 10.3. The summed E-state index contributed by atoms with van der Waals surface area (Å²) in [5.74, 6) is 0.842. The summed E-state index contributed by atoms with van der Waals surface area (Å²) in [6, 6.07) is 8.80. The summed E-state index contributed by atoms with van der Waals surface area (Å²) < 4.78 is 14.1. The average molecular weight is 479 g/mol. The van der Waals surface area contributed by atoms with Crippen LogP contribution in [0.5, 0.6) is 5.75 Å². The highest BCUT2D eigenvalue weighted by Crippen LogP contribution is 2.39. The number of fused-ring (bicyclic) bond motifs is 2.